The fraction of sp³-hybridized carbons (Fsp3) is 0.308. The van der Waals surface area contributed by atoms with Crippen molar-refractivity contribution in [1.82, 2.24) is 4.90 Å². The third-order valence-electron chi connectivity index (χ3n) is 5.54. The summed E-state index contributed by atoms with van der Waals surface area (Å²) in [4.78, 5) is 38.8. The zero-order valence-corrected chi connectivity index (χ0v) is 20.1. The minimum Gasteiger partial charge on any atom is -0.497 e. The van der Waals surface area contributed by atoms with Gasteiger partial charge in [0.05, 0.1) is 42.3 Å². The summed E-state index contributed by atoms with van der Waals surface area (Å²) in [5.74, 6) is -1.41. The quantitative estimate of drug-likeness (QED) is 0.295. The number of rotatable bonds is 9. The average Bonchev–Trinajstić information content (AvgIpc) is 2.84. The average molecular weight is 481 g/mol. The topological polar surface area (TPSA) is 108 Å². The summed E-state index contributed by atoms with van der Waals surface area (Å²) in [6, 6.07) is 12.1. The molecule has 0 fully saturated rings. The van der Waals surface area contributed by atoms with E-state index in [9.17, 15) is 19.7 Å². The summed E-state index contributed by atoms with van der Waals surface area (Å²) in [6.45, 7) is 5.62. The van der Waals surface area contributed by atoms with Crippen molar-refractivity contribution in [1.29, 1.82) is 0 Å². The highest BCUT2D eigenvalue weighted by Crippen LogP contribution is 2.39. The van der Waals surface area contributed by atoms with Gasteiger partial charge in [0.2, 0.25) is 0 Å². The largest absolute Gasteiger partial charge is 0.497 e. The highest BCUT2D eigenvalue weighted by Gasteiger charge is 2.36. The lowest BCUT2D eigenvalue weighted by Crippen LogP contribution is -2.29. The van der Waals surface area contributed by atoms with Gasteiger partial charge >= 0.3 is 11.9 Å². The SMILES string of the molecule is CCOC(=O)C1=CN(Cc2ccc(OC)cc2)C=C(C(=O)OCC)C1c1ccc(C)c([N+](=O)[O-])c1. The Morgan fingerprint density at radius 3 is 2.03 bits per heavy atom. The summed E-state index contributed by atoms with van der Waals surface area (Å²) in [6.07, 6.45) is 3.22. The maximum atomic E-state index is 13.0. The van der Waals surface area contributed by atoms with Crippen molar-refractivity contribution in [2.24, 2.45) is 0 Å². The van der Waals surface area contributed by atoms with Crippen LogP contribution in [0.25, 0.3) is 0 Å². The Bertz CT molecular complexity index is 1130. The second-order valence-corrected chi connectivity index (χ2v) is 7.87. The van der Waals surface area contributed by atoms with E-state index in [1.807, 2.05) is 24.3 Å². The predicted molar refractivity (Wildman–Crippen MR) is 129 cm³/mol. The van der Waals surface area contributed by atoms with E-state index in [1.54, 1.807) is 57.3 Å². The van der Waals surface area contributed by atoms with E-state index in [1.165, 1.54) is 6.07 Å². The minimum atomic E-state index is -0.889. The Morgan fingerprint density at radius 2 is 1.54 bits per heavy atom. The molecule has 0 amide bonds. The fourth-order valence-corrected chi connectivity index (χ4v) is 3.88. The van der Waals surface area contributed by atoms with E-state index < -0.39 is 22.8 Å². The number of carbonyl (C=O) groups is 2. The van der Waals surface area contributed by atoms with Gasteiger partial charge in [-0.2, -0.15) is 0 Å². The number of methoxy groups -OCH3 is 1. The van der Waals surface area contributed by atoms with Crippen molar-refractivity contribution in [3.8, 4) is 5.75 Å². The minimum absolute atomic E-state index is 0.102. The third kappa shape index (κ3) is 5.87. The molecule has 1 aliphatic rings. The molecule has 0 spiro atoms. The van der Waals surface area contributed by atoms with E-state index in [0.717, 1.165) is 5.56 Å². The first-order chi connectivity index (χ1) is 16.8. The van der Waals surface area contributed by atoms with Crippen molar-refractivity contribution in [2.75, 3.05) is 20.3 Å². The summed E-state index contributed by atoms with van der Waals surface area (Å²) < 4.78 is 15.8. The van der Waals surface area contributed by atoms with E-state index >= 15 is 0 Å². The molecule has 0 radical (unpaired) electrons. The van der Waals surface area contributed by atoms with Crippen LogP contribution in [-0.2, 0) is 25.6 Å². The first kappa shape index (κ1) is 25.5. The number of benzene rings is 2. The van der Waals surface area contributed by atoms with Gasteiger partial charge in [0.15, 0.2) is 0 Å². The van der Waals surface area contributed by atoms with Crippen LogP contribution in [0, 0.1) is 17.0 Å². The van der Waals surface area contributed by atoms with Crippen LogP contribution < -0.4 is 4.74 Å². The lowest BCUT2D eigenvalue weighted by atomic mass is 9.82. The molecule has 1 heterocycles. The number of nitro benzene ring substituents is 1. The van der Waals surface area contributed by atoms with Crippen molar-refractivity contribution < 1.29 is 28.7 Å². The number of ether oxygens (including phenoxy) is 3. The Balaban J connectivity index is 2.11. The maximum absolute atomic E-state index is 13.0. The van der Waals surface area contributed by atoms with E-state index in [2.05, 4.69) is 0 Å². The molecule has 0 atom stereocenters. The van der Waals surface area contributed by atoms with Crippen LogP contribution in [0.2, 0.25) is 0 Å². The number of nitrogens with zero attached hydrogens (tertiary/aromatic N) is 2. The van der Waals surface area contributed by atoms with Gasteiger partial charge in [0.1, 0.15) is 5.75 Å². The van der Waals surface area contributed by atoms with Crippen LogP contribution in [0.1, 0.15) is 36.5 Å². The molecule has 0 saturated carbocycles. The zero-order valence-electron chi connectivity index (χ0n) is 20.1. The Hall–Kier alpha value is -4.14. The zero-order chi connectivity index (χ0) is 25.5. The molecule has 9 heteroatoms. The smallest absolute Gasteiger partial charge is 0.336 e. The molecular formula is C26H28N2O7. The van der Waals surface area contributed by atoms with Crippen LogP contribution in [0.3, 0.4) is 0 Å². The fourth-order valence-electron chi connectivity index (χ4n) is 3.88. The Kier molecular flexibility index (Phi) is 8.25. The molecule has 184 valence electrons. The Morgan fingerprint density at radius 1 is 0.971 bits per heavy atom. The predicted octanol–water partition coefficient (Wildman–Crippen LogP) is 4.41. The Labute approximate surface area is 203 Å². The normalized spacial score (nSPS) is 13.5. The van der Waals surface area contributed by atoms with Crippen molar-refractivity contribution in [2.45, 2.75) is 33.2 Å². The molecular weight excluding hydrogens is 452 g/mol. The maximum Gasteiger partial charge on any atom is 0.336 e. The van der Waals surface area contributed by atoms with Crippen LogP contribution in [0.5, 0.6) is 5.75 Å². The molecule has 0 bridgehead atoms. The summed E-state index contributed by atoms with van der Waals surface area (Å²) in [7, 11) is 1.58. The van der Waals surface area contributed by atoms with Crippen LogP contribution in [0.4, 0.5) is 5.69 Å². The number of carbonyl (C=O) groups excluding carboxylic acids is 2. The molecule has 2 aromatic rings. The summed E-state index contributed by atoms with van der Waals surface area (Å²) in [5.41, 5.74) is 2.07. The van der Waals surface area contributed by atoms with Gasteiger partial charge in [0.25, 0.3) is 5.69 Å². The lowest BCUT2D eigenvalue weighted by molar-refractivity contribution is -0.385. The van der Waals surface area contributed by atoms with Crippen LogP contribution in [0.15, 0.2) is 66.0 Å². The van der Waals surface area contributed by atoms with E-state index in [4.69, 9.17) is 14.2 Å². The van der Waals surface area contributed by atoms with Gasteiger partial charge in [0, 0.05) is 30.6 Å². The van der Waals surface area contributed by atoms with Gasteiger partial charge in [-0.05, 0) is 44.0 Å². The highest BCUT2D eigenvalue weighted by molar-refractivity contribution is 5.98. The highest BCUT2D eigenvalue weighted by atomic mass is 16.6. The van der Waals surface area contributed by atoms with Crippen LogP contribution in [-0.4, -0.2) is 42.1 Å². The second kappa shape index (κ2) is 11.3. The number of aryl methyl sites for hydroxylation is 1. The number of esters is 2. The molecule has 2 aromatic carbocycles. The molecule has 0 unspecified atom stereocenters. The molecule has 0 saturated heterocycles. The van der Waals surface area contributed by atoms with Gasteiger partial charge in [-0.3, -0.25) is 10.1 Å². The number of nitro groups is 1. The molecule has 0 aliphatic carbocycles. The number of hydrogen-bond acceptors (Lipinski definition) is 8. The van der Waals surface area contributed by atoms with E-state index in [0.29, 0.717) is 23.4 Å². The summed E-state index contributed by atoms with van der Waals surface area (Å²) >= 11 is 0. The molecule has 9 nitrogen and oxygen atoms in total. The third-order valence-corrected chi connectivity index (χ3v) is 5.54. The molecule has 1 aliphatic heterocycles. The van der Waals surface area contributed by atoms with Gasteiger partial charge in [-0.15, -0.1) is 0 Å². The molecule has 0 N–H and O–H groups in total. The van der Waals surface area contributed by atoms with Crippen LogP contribution >= 0.6 is 0 Å². The van der Waals surface area contributed by atoms with E-state index in [-0.39, 0.29) is 30.0 Å². The number of hydrogen-bond donors (Lipinski definition) is 0. The standard InChI is InChI=1S/C26H28N2O7/c1-5-34-25(29)21-15-27(14-18-8-11-20(33-4)12-9-18)16-22(26(30)35-6-2)24(21)19-10-7-17(3)23(13-19)28(31)32/h7-13,15-16,24H,5-6,14H2,1-4H3. The monoisotopic (exact) mass is 480 g/mol. The first-order valence-electron chi connectivity index (χ1n) is 11.2. The second-order valence-electron chi connectivity index (χ2n) is 7.87. The van der Waals surface area contributed by atoms with Gasteiger partial charge < -0.3 is 19.1 Å². The molecule has 3 rings (SSSR count). The van der Waals surface area contributed by atoms with Crippen molar-refractivity contribution >= 4 is 17.6 Å². The summed E-state index contributed by atoms with van der Waals surface area (Å²) in [5, 5.41) is 11.6. The van der Waals surface area contributed by atoms with Gasteiger partial charge in [-0.25, -0.2) is 9.59 Å². The van der Waals surface area contributed by atoms with Crippen molar-refractivity contribution in [3.63, 3.8) is 0 Å². The molecule has 0 aromatic heterocycles. The first-order valence-corrected chi connectivity index (χ1v) is 11.2. The van der Waals surface area contributed by atoms with Crippen molar-refractivity contribution in [3.05, 3.63) is 92.8 Å². The van der Waals surface area contributed by atoms with Gasteiger partial charge in [-0.1, -0.05) is 24.3 Å². The lowest BCUT2D eigenvalue weighted by Gasteiger charge is -2.30. The molecule has 35 heavy (non-hydrogen) atoms.